The van der Waals surface area contributed by atoms with Gasteiger partial charge >= 0.3 is 0 Å². The molecule has 6 heteroatoms. The lowest BCUT2D eigenvalue weighted by molar-refractivity contribution is -0.133. The predicted molar refractivity (Wildman–Crippen MR) is 101 cm³/mol. The highest BCUT2D eigenvalue weighted by molar-refractivity contribution is 5.78. The number of aromatic nitrogens is 2. The van der Waals surface area contributed by atoms with Gasteiger partial charge in [-0.25, -0.2) is 4.98 Å². The molecule has 2 aromatic rings. The number of rotatable bonds is 6. The van der Waals surface area contributed by atoms with Crippen molar-refractivity contribution in [2.75, 3.05) is 33.0 Å². The van der Waals surface area contributed by atoms with Crippen molar-refractivity contribution in [2.24, 2.45) is 5.92 Å². The summed E-state index contributed by atoms with van der Waals surface area (Å²) in [5.41, 5.74) is 2.12. The topological polar surface area (TPSA) is 56.6 Å². The number of hydrogen-bond donors (Lipinski definition) is 0. The van der Waals surface area contributed by atoms with Crippen molar-refractivity contribution in [1.29, 1.82) is 0 Å². The SMILES string of the molecule is O=C(Cc1ccccc1)N1Cc2cncn2[C@@H](COCC2CCOCC2)C1. The Bertz CT molecular complexity index is 740. The maximum absolute atomic E-state index is 12.8. The third-order valence-electron chi connectivity index (χ3n) is 5.48. The Morgan fingerprint density at radius 3 is 2.81 bits per heavy atom. The molecule has 0 radical (unpaired) electrons. The highest BCUT2D eigenvalue weighted by Crippen LogP contribution is 2.23. The van der Waals surface area contributed by atoms with Crippen molar-refractivity contribution in [3.05, 3.63) is 54.1 Å². The van der Waals surface area contributed by atoms with E-state index in [-0.39, 0.29) is 11.9 Å². The summed E-state index contributed by atoms with van der Waals surface area (Å²) in [6.45, 7) is 4.33. The van der Waals surface area contributed by atoms with Gasteiger partial charge in [0.2, 0.25) is 5.91 Å². The van der Waals surface area contributed by atoms with Gasteiger partial charge in [-0.3, -0.25) is 4.79 Å². The summed E-state index contributed by atoms with van der Waals surface area (Å²) < 4.78 is 13.6. The highest BCUT2D eigenvalue weighted by Gasteiger charge is 2.28. The number of hydrogen-bond acceptors (Lipinski definition) is 4. The van der Waals surface area contributed by atoms with Gasteiger partial charge in [-0.05, 0) is 24.3 Å². The van der Waals surface area contributed by atoms with Crippen molar-refractivity contribution < 1.29 is 14.3 Å². The average Bonchev–Trinajstić information content (AvgIpc) is 3.18. The van der Waals surface area contributed by atoms with E-state index in [2.05, 4.69) is 9.55 Å². The molecule has 1 amide bonds. The van der Waals surface area contributed by atoms with Gasteiger partial charge in [-0.1, -0.05) is 30.3 Å². The standard InChI is InChI=1S/C21H27N3O3/c25-21(10-17-4-2-1-3-5-17)23-12-19-11-22-16-24(19)20(13-23)15-27-14-18-6-8-26-9-7-18/h1-5,11,16,18,20H,6-10,12-15H2/t20-/m1/s1. The van der Waals surface area contributed by atoms with Crippen molar-refractivity contribution >= 4 is 5.91 Å². The normalized spacial score (nSPS) is 20.4. The molecule has 0 unspecified atom stereocenters. The van der Waals surface area contributed by atoms with Crippen LogP contribution in [0.1, 0.15) is 30.1 Å². The molecule has 6 nitrogen and oxygen atoms in total. The number of amides is 1. The Kier molecular flexibility index (Phi) is 5.84. The van der Waals surface area contributed by atoms with E-state index in [0.29, 0.717) is 32.0 Å². The zero-order valence-corrected chi connectivity index (χ0v) is 15.6. The molecule has 0 saturated carbocycles. The van der Waals surface area contributed by atoms with Crippen molar-refractivity contribution in [1.82, 2.24) is 14.5 Å². The molecule has 0 spiro atoms. The first-order valence-electron chi connectivity index (χ1n) is 9.77. The Hall–Kier alpha value is -2.18. The molecule has 1 saturated heterocycles. The van der Waals surface area contributed by atoms with Crippen LogP contribution < -0.4 is 0 Å². The summed E-state index contributed by atoms with van der Waals surface area (Å²) >= 11 is 0. The molecule has 0 N–H and O–H groups in total. The van der Waals surface area contributed by atoms with Crippen LogP contribution in [-0.4, -0.2) is 53.3 Å². The molecule has 0 bridgehead atoms. The highest BCUT2D eigenvalue weighted by atomic mass is 16.5. The van der Waals surface area contributed by atoms with Crippen molar-refractivity contribution in [3.8, 4) is 0 Å². The lowest BCUT2D eigenvalue weighted by Crippen LogP contribution is -2.43. The Labute approximate surface area is 160 Å². The molecule has 1 fully saturated rings. The maximum atomic E-state index is 12.8. The van der Waals surface area contributed by atoms with E-state index in [9.17, 15) is 4.79 Å². The van der Waals surface area contributed by atoms with Crippen LogP contribution in [0.3, 0.4) is 0 Å². The van der Waals surface area contributed by atoms with Gasteiger partial charge in [0.15, 0.2) is 0 Å². The lowest BCUT2D eigenvalue weighted by atomic mass is 10.0. The maximum Gasteiger partial charge on any atom is 0.227 e. The summed E-state index contributed by atoms with van der Waals surface area (Å²) in [6, 6.07) is 10.0. The van der Waals surface area contributed by atoms with Gasteiger partial charge in [0.05, 0.1) is 37.6 Å². The van der Waals surface area contributed by atoms with E-state index >= 15 is 0 Å². The van der Waals surface area contributed by atoms with Gasteiger partial charge in [-0.2, -0.15) is 0 Å². The fourth-order valence-corrected chi connectivity index (χ4v) is 3.87. The van der Waals surface area contributed by atoms with Crippen LogP contribution in [0.25, 0.3) is 0 Å². The Morgan fingerprint density at radius 2 is 2.00 bits per heavy atom. The molecule has 0 aliphatic carbocycles. The first-order valence-corrected chi connectivity index (χ1v) is 9.77. The molecule has 27 heavy (non-hydrogen) atoms. The van der Waals surface area contributed by atoms with Crippen molar-refractivity contribution in [2.45, 2.75) is 31.8 Å². The van der Waals surface area contributed by atoms with Crippen LogP contribution in [0.15, 0.2) is 42.9 Å². The summed E-state index contributed by atoms with van der Waals surface area (Å²) in [6.07, 6.45) is 6.29. The van der Waals surface area contributed by atoms with Crippen LogP contribution in [0.4, 0.5) is 0 Å². The first kappa shape index (κ1) is 18.2. The molecular formula is C21H27N3O3. The number of ether oxygens (including phenoxy) is 2. The van der Waals surface area contributed by atoms with Crippen LogP contribution in [0.2, 0.25) is 0 Å². The summed E-state index contributed by atoms with van der Waals surface area (Å²) in [4.78, 5) is 19.0. The quantitative estimate of drug-likeness (QED) is 0.785. The number of nitrogens with zero attached hydrogens (tertiary/aromatic N) is 3. The molecule has 1 aromatic heterocycles. The monoisotopic (exact) mass is 369 g/mol. The third kappa shape index (κ3) is 4.57. The fourth-order valence-electron chi connectivity index (χ4n) is 3.87. The molecule has 1 aromatic carbocycles. The van der Waals surface area contributed by atoms with Crippen molar-refractivity contribution in [3.63, 3.8) is 0 Å². The molecule has 144 valence electrons. The minimum absolute atomic E-state index is 0.121. The van der Waals surface area contributed by atoms with Gasteiger partial charge < -0.3 is 18.9 Å². The lowest BCUT2D eigenvalue weighted by Gasteiger charge is -2.35. The van der Waals surface area contributed by atoms with E-state index in [1.165, 1.54) is 0 Å². The van der Waals surface area contributed by atoms with E-state index in [4.69, 9.17) is 9.47 Å². The molecule has 2 aliphatic heterocycles. The summed E-state index contributed by atoms with van der Waals surface area (Å²) in [5, 5.41) is 0. The largest absolute Gasteiger partial charge is 0.381 e. The van der Waals surface area contributed by atoms with E-state index in [1.54, 1.807) is 0 Å². The van der Waals surface area contributed by atoms with Gasteiger partial charge in [0, 0.05) is 32.6 Å². The van der Waals surface area contributed by atoms with Gasteiger partial charge in [0.1, 0.15) is 0 Å². The molecule has 1 atom stereocenters. The second-order valence-corrected chi connectivity index (χ2v) is 7.48. The average molecular weight is 369 g/mol. The fraction of sp³-hybridized carbons (Fsp3) is 0.524. The molecule has 2 aliphatic rings. The predicted octanol–water partition coefficient (Wildman–Crippen LogP) is 2.45. The Morgan fingerprint density at radius 1 is 1.19 bits per heavy atom. The second kappa shape index (κ2) is 8.67. The number of carbonyl (C=O) groups is 1. The number of fused-ring (bicyclic) bond motifs is 1. The van der Waals surface area contributed by atoms with Gasteiger partial charge in [-0.15, -0.1) is 0 Å². The zero-order chi connectivity index (χ0) is 18.5. The van der Waals surface area contributed by atoms with Crippen LogP contribution in [-0.2, 0) is 27.2 Å². The number of imidazole rings is 1. The summed E-state index contributed by atoms with van der Waals surface area (Å²) in [5.74, 6) is 0.739. The second-order valence-electron chi connectivity index (χ2n) is 7.48. The smallest absolute Gasteiger partial charge is 0.227 e. The number of benzene rings is 1. The van der Waals surface area contributed by atoms with Gasteiger partial charge in [0.25, 0.3) is 0 Å². The van der Waals surface area contributed by atoms with Crippen LogP contribution >= 0.6 is 0 Å². The first-order chi connectivity index (χ1) is 13.3. The molecule has 4 rings (SSSR count). The van der Waals surface area contributed by atoms with Crippen LogP contribution in [0.5, 0.6) is 0 Å². The number of carbonyl (C=O) groups excluding carboxylic acids is 1. The Balaban J connectivity index is 1.36. The molecular weight excluding hydrogens is 342 g/mol. The van der Waals surface area contributed by atoms with Crippen LogP contribution in [0, 0.1) is 5.92 Å². The summed E-state index contributed by atoms with van der Waals surface area (Å²) in [7, 11) is 0. The van der Waals surface area contributed by atoms with E-state index in [0.717, 1.165) is 43.9 Å². The van der Waals surface area contributed by atoms with E-state index < -0.39 is 0 Å². The third-order valence-corrected chi connectivity index (χ3v) is 5.48. The minimum atomic E-state index is 0.121. The molecule has 3 heterocycles. The van der Waals surface area contributed by atoms with E-state index in [1.807, 2.05) is 47.8 Å². The zero-order valence-electron chi connectivity index (χ0n) is 15.6. The minimum Gasteiger partial charge on any atom is -0.381 e.